The highest BCUT2D eigenvalue weighted by molar-refractivity contribution is 7.89. The van der Waals surface area contributed by atoms with E-state index in [-0.39, 0.29) is 4.90 Å². The summed E-state index contributed by atoms with van der Waals surface area (Å²) in [6, 6.07) is 3.79. The van der Waals surface area contributed by atoms with E-state index in [0.717, 1.165) is 5.69 Å². The molecule has 0 saturated carbocycles. The van der Waals surface area contributed by atoms with Crippen molar-refractivity contribution in [2.24, 2.45) is 0 Å². The van der Waals surface area contributed by atoms with Gasteiger partial charge in [0.2, 0.25) is 10.0 Å². The molecular weight excluding hydrogens is 290 g/mol. The number of aromatic nitrogens is 3. The van der Waals surface area contributed by atoms with Crippen LogP contribution in [0.3, 0.4) is 0 Å². The van der Waals surface area contributed by atoms with Gasteiger partial charge in [-0.25, -0.2) is 13.1 Å². The largest absolute Gasteiger partial charge is 0.363 e. The fourth-order valence-electron chi connectivity index (χ4n) is 1.80. The van der Waals surface area contributed by atoms with Crippen molar-refractivity contribution in [1.82, 2.24) is 24.8 Å². The zero-order valence-electron chi connectivity index (χ0n) is 12.2. The van der Waals surface area contributed by atoms with Crippen LogP contribution in [0, 0.1) is 0 Å². The van der Waals surface area contributed by atoms with Gasteiger partial charge in [0.25, 0.3) is 0 Å². The molecule has 2 rings (SSSR count). The van der Waals surface area contributed by atoms with Crippen molar-refractivity contribution in [1.29, 1.82) is 0 Å². The molecule has 116 valence electrons. The Morgan fingerprint density at radius 3 is 2.90 bits per heavy atom. The lowest BCUT2D eigenvalue weighted by Gasteiger charge is -2.06. The monoisotopic (exact) mass is 311 g/mol. The fraction of sp³-hybridized carbons (Fsp3) is 0.462. The summed E-state index contributed by atoms with van der Waals surface area (Å²) < 4.78 is 28.5. The summed E-state index contributed by atoms with van der Waals surface area (Å²) in [6.07, 6.45) is 4.96. The predicted octanol–water partition coefficient (Wildman–Crippen LogP) is 0.688. The number of H-pyrrole nitrogens is 1. The molecule has 0 aliphatic carbocycles. The molecule has 0 bridgehead atoms. The Kier molecular flexibility index (Phi) is 5.16. The van der Waals surface area contributed by atoms with Crippen molar-refractivity contribution < 1.29 is 8.42 Å². The van der Waals surface area contributed by atoms with Crippen LogP contribution in [0.15, 0.2) is 35.6 Å². The second kappa shape index (κ2) is 6.88. The average Bonchev–Trinajstić information content (AvgIpc) is 3.07. The van der Waals surface area contributed by atoms with Gasteiger partial charge in [-0.2, -0.15) is 5.10 Å². The van der Waals surface area contributed by atoms with E-state index in [4.69, 9.17) is 0 Å². The Hall–Kier alpha value is -1.64. The van der Waals surface area contributed by atoms with Crippen LogP contribution in [0.25, 0.3) is 0 Å². The lowest BCUT2D eigenvalue weighted by molar-refractivity contribution is 0.561. The minimum absolute atomic E-state index is 0.253. The van der Waals surface area contributed by atoms with Crippen LogP contribution < -0.4 is 10.0 Å². The number of sulfonamides is 1. The first kappa shape index (κ1) is 15.7. The van der Waals surface area contributed by atoms with Gasteiger partial charge in [-0.1, -0.05) is 13.8 Å². The average molecular weight is 311 g/mol. The van der Waals surface area contributed by atoms with E-state index in [1.165, 1.54) is 6.20 Å². The zero-order valence-corrected chi connectivity index (χ0v) is 13.0. The van der Waals surface area contributed by atoms with Gasteiger partial charge >= 0.3 is 0 Å². The number of hydrogen-bond donors (Lipinski definition) is 3. The number of aromatic amines is 1. The van der Waals surface area contributed by atoms with E-state index in [1.807, 2.05) is 13.8 Å². The van der Waals surface area contributed by atoms with Crippen LogP contribution in [0.1, 0.15) is 19.5 Å². The molecule has 0 aliphatic heterocycles. The maximum Gasteiger partial charge on any atom is 0.242 e. The summed E-state index contributed by atoms with van der Waals surface area (Å²) in [5, 5.41) is 7.25. The molecule has 0 amide bonds. The molecule has 0 radical (unpaired) electrons. The third-order valence-electron chi connectivity index (χ3n) is 2.92. The Labute approximate surface area is 124 Å². The molecule has 3 N–H and O–H groups in total. The van der Waals surface area contributed by atoms with Gasteiger partial charge < -0.3 is 10.3 Å². The van der Waals surface area contributed by atoms with Crippen molar-refractivity contribution in [3.63, 3.8) is 0 Å². The lowest BCUT2D eigenvalue weighted by atomic mass is 10.3. The molecular formula is C13H21N5O2S. The van der Waals surface area contributed by atoms with E-state index in [2.05, 4.69) is 20.1 Å². The highest BCUT2D eigenvalue weighted by Gasteiger charge is 2.15. The second-order valence-corrected chi connectivity index (χ2v) is 6.83. The van der Waals surface area contributed by atoms with Crippen LogP contribution in [0.5, 0.6) is 0 Å². The fourth-order valence-corrected chi connectivity index (χ4v) is 2.84. The van der Waals surface area contributed by atoms with Crippen LogP contribution >= 0.6 is 0 Å². The maximum absolute atomic E-state index is 12.1. The van der Waals surface area contributed by atoms with Gasteiger partial charge in [-0.3, -0.25) is 4.68 Å². The molecule has 0 saturated heterocycles. The molecule has 21 heavy (non-hydrogen) atoms. The number of rotatable bonds is 8. The summed E-state index contributed by atoms with van der Waals surface area (Å²) in [6.45, 7) is 5.49. The Morgan fingerprint density at radius 1 is 1.43 bits per heavy atom. The molecule has 0 atom stereocenters. The molecule has 8 heteroatoms. The van der Waals surface area contributed by atoms with E-state index >= 15 is 0 Å². The molecule has 0 spiro atoms. The van der Waals surface area contributed by atoms with Crippen LogP contribution in [0.4, 0.5) is 0 Å². The van der Waals surface area contributed by atoms with Crippen molar-refractivity contribution in [3.05, 3.63) is 36.4 Å². The highest BCUT2D eigenvalue weighted by Crippen LogP contribution is 2.10. The second-order valence-electron chi connectivity index (χ2n) is 5.06. The van der Waals surface area contributed by atoms with Gasteiger partial charge in [0.05, 0.1) is 11.4 Å². The van der Waals surface area contributed by atoms with E-state index in [1.54, 1.807) is 29.2 Å². The van der Waals surface area contributed by atoms with Crippen molar-refractivity contribution in [3.8, 4) is 0 Å². The molecule has 2 heterocycles. The lowest BCUT2D eigenvalue weighted by Crippen LogP contribution is -2.27. The van der Waals surface area contributed by atoms with Gasteiger partial charge in [-0.15, -0.1) is 0 Å². The summed E-state index contributed by atoms with van der Waals surface area (Å²) in [5.74, 6) is 0. The number of hydrogen-bond acceptors (Lipinski definition) is 4. The highest BCUT2D eigenvalue weighted by atomic mass is 32.2. The third kappa shape index (κ3) is 4.69. The smallest absolute Gasteiger partial charge is 0.242 e. The maximum atomic E-state index is 12.1. The minimum Gasteiger partial charge on any atom is -0.363 e. The van der Waals surface area contributed by atoms with Gasteiger partial charge in [0.15, 0.2) is 0 Å². The van der Waals surface area contributed by atoms with Gasteiger partial charge in [0.1, 0.15) is 0 Å². The molecule has 7 nitrogen and oxygen atoms in total. The zero-order chi connectivity index (χ0) is 15.3. The molecule has 0 unspecified atom stereocenters. The van der Waals surface area contributed by atoms with Gasteiger partial charge in [0, 0.05) is 43.4 Å². The van der Waals surface area contributed by atoms with E-state index in [9.17, 15) is 8.42 Å². The van der Waals surface area contributed by atoms with Crippen molar-refractivity contribution in [2.45, 2.75) is 37.9 Å². The molecule has 0 aliphatic rings. The van der Waals surface area contributed by atoms with E-state index in [0.29, 0.717) is 25.7 Å². The van der Waals surface area contributed by atoms with Crippen LogP contribution in [-0.2, 0) is 23.1 Å². The van der Waals surface area contributed by atoms with Crippen molar-refractivity contribution in [2.75, 3.05) is 6.54 Å². The molecule has 2 aromatic heterocycles. The topological polar surface area (TPSA) is 91.8 Å². The SMILES string of the molecule is CC(C)NCc1cc(S(=O)(=O)NCCn2cccn2)c[nH]1. The van der Waals surface area contributed by atoms with Crippen molar-refractivity contribution >= 4 is 10.0 Å². The molecule has 0 aromatic carbocycles. The Balaban J connectivity index is 1.89. The summed E-state index contributed by atoms with van der Waals surface area (Å²) >= 11 is 0. The van der Waals surface area contributed by atoms with Gasteiger partial charge in [-0.05, 0) is 12.1 Å². The molecule has 2 aromatic rings. The Bertz CT molecular complexity index is 646. The first-order valence-electron chi connectivity index (χ1n) is 6.85. The quantitative estimate of drug-likeness (QED) is 0.669. The minimum atomic E-state index is -3.48. The predicted molar refractivity (Wildman–Crippen MR) is 80.2 cm³/mol. The first-order chi connectivity index (χ1) is 9.97. The third-order valence-corrected chi connectivity index (χ3v) is 4.36. The summed E-state index contributed by atoms with van der Waals surface area (Å²) in [4.78, 5) is 3.23. The van der Waals surface area contributed by atoms with E-state index < -0.39 is 10.0 Å². The Morgan fingerprint density at radius 2 is 2.24 bits per heavy atom. The van der Waals surface area contributed by atoms with Crippen LogP contribution in [0.2, 0.25) is 0 Å². The first-order valence-corrected chi connectivity index (χ1v) is 8.33. The molecule has 0 fully saturated rings. The number of nitrogens with one attached hydrogen (secondary N) is 3. The summed E-state index contributed by atoms with van der Waals surface area (Å²) in [5.41, 5.74) is 0.844. The normalized spacial score (nSPS) is 12.1. The number of nitrogens with zero attached hydrogens (tertiary/aromatic N) is 2. The standard InChI is InChI=1S/C13H21N5O2S/c1-11(2)14-9-12-8-13(10-15-12)21(19,20)17-5-7-18-6-3-4-16-18/h3-4,6,8,10-11,14-15,17H,5,7,9H2,1-2H3. The van der Waals surface area contributed by atoms with Crippen LogP contribution in [-0.4, -0.2) is 35.8 Å². The summed E-state index contributed by atoms with van der Waals surface area (Å²) in [7, 11) is -3.48.